The summed E-state index contributed by atoms with van der Waals surface area (Å²) in [7, 11) is 1.60. The summed E-state index contributed by atoms with van der Waals surface area (Å²) in [5.74, 6) is 0.448. The highest BCUT2D eigenvalue weighted by Gasteiger charge is 2.18. The van der Waals surface area contributed by atoms with Crippen LogP contribution in [-0.4, -0.2) is 28.2 Å². The summed E-state index contributed by atoms with van der Waals surface area (Å²) in [6, 6.07) is 1.99. The molecule has 2 heterocycles. The van der Waals surface area contributed by atoms with Gasteiger partial charge in [0.05, 0.1) is 12.8 Å². The second kappa shape index (κ2) is 7.47. The normalized spacial score (nSPS) is 12.1. The number of aryl methyl sites for hydroxylation is 4. The highest BCUT2D eigenvalue weighted by Crippen LogP contribution is 2.21. The molecule has 2 aromatic rings. The minimum Gasteiger partial charge on any atom is -0.481 e. The van der Waals surface area contributed by atoms with Crippen molar-refractivity contribution in [2.24, 2.45) is 5.92 Å². The van der Waals surface area contributed by atoms with Gasteiger partial charge in [-0.25, -0.2) is 4.98 Å². The molecule has 2 aromatic heterocycles. The van der Waals surface area contributed by atoms with E-state index < -0.39 is 0 Å². The van der Waals surface area contributed by atoms with Crippen LogP contribution in [0.25, 0.3) is 0 Å². The lowest BCUT2D eigenvalue weighted by molar-refractivity contribution is -0.124. The second-order valence-corrected chi connectivity index (χ2v) is 6.30. The van der Waals surface area contributed by atoms with Crippen molar-refractivity contribution in [1.82, 2.24) is 20.5 Å². The molecular formula is C18H26N4O2. The van der Waals surface area contributed by atoms with Crippen molar-refractivity contribution in [1.29, 1.82) is 0 Å². The Balaban J connectivity index is 2.03. The lowest BCUT2D eigenvalue weighted by Gasteiger charge is -2.15. The molecule has 0 saturated carbocycles. The Morgan fingerprint density at radius 3 is 2.58 bits per heavy atom. The predicted molar refractivity (Wildman–Crippen MR) is 93.0 cm³/mol. The van der Waals surface area contributed by atoms with Crippen LogP contribution in [0.4, 0.5) is 0 Å². The first-order valence-electron chi connectivity index (χ1n) is 8.12. The number of rotatable bonds is 6. The monoisotopic (exact) mass is 330 g/mol. The number of aromatic nitrogens is 3. The van der Waals surface area contributed by atoms with Gasteiger partial charge in [-0.15, -0.1) is 0 Å². The van der Waals surface area contributed by atoms with Crippen molar-refractivity contribution >= 4 is 5.91 Å². The van der Waals surface area contributed by atoms with Crippen molar-refractivity contribution in [3.8, 4) is 5.88 Å². The Hall–Kier alpha value is -2.37. The Morgan fingerprint density at radius 2 is 2.00 bits per heavy atom. The summed E-state index contributed by atoms with van der Waals surface area (Å²) in [5.41, 5.74) is 5.97. The molecule has 0 saturated heterocycles. The molecule has 1 atom stereocenters. The van der Waals surface area contributed by atoms with Crippen LogP contribution in [0.2, 0.25) is 0 Å². The summed E-state index contributed by atoms with van der Waals surface area (Å²) < 4.78 is 5.34. The van der Waals surface area contributed by atoms with E-state index in [1.165, 1.54) is 0 Å². The van der Waals surface area contributed by atoms with Crippen LogP contribution in [0.15, 0.2) is 6.07 Å². The molecule has 6 heteroatoms. The van der Waals surface area contributed by atoms with Gasteiger partial charge in [0.15, 0.2) is 0 Å². The van der Waals surface area contributed by atoms with Gasteiger partial charge in [0.2, 0.25) is 11.8 Å². The first-order chi connectivity index (χ1) is 11.3. The average Bonchev–Trinajstić information content (AvgIpc) is 2.84. The fourth-order valence-corrected chi connectivity index (χ4v) is 2.84. The number of carbonyl (C=O) groups is 1. The zero-order valence-electron chi connectivity index (χ0n) is 15.3. The maximum absolute atomic E-state index is 12.4. The Bertz CT molecular complexity index is 717. The van der Waals surface area contributed by atoms with Crippen LogP contribution in [0.3, 0.4) is 0 Å². The molecule has 0 aliphatic rings. The van der Waals surface area contributed by atoms with E-state index in [1.54, 1.807) is 7.11 Å². The summed E-state index contributed by atoms with van der Waals surface area (Å²) in [6.07, 6.45) is 0.669. The van der Waals surface area contributed by atoms with E-state index in [0.717, 1.165) is 33.8 Å². The third kappa shape index (κ3) is 3.93. The Morgan fingerprint density at radius 1 is 1.29 bits per heavy atom. The molecule has 0 aliphatic carbocycles. The molecule has 1 amide bonds. The first-order valence-corrected chi connectivity index (χ1v) is 8.12. The minimum atomic E-state index is -0.135. The molecule has 0 bridgehead atoms. The summed E-state index contributed by atoms with van der Waals surface area (Å²) in [5, 5.41) is 10.1. The van der Waals surface area contributed by atoms with Gasteiger partial charge in [-0.05, 0) is 51.3 Å². The Labute approximate surface area is 143 Å². The number of H-pyrrole nitrogens is 1. The molecular weight excluding hydrogens is 304 g/mol. The van der Waals surface area contributed by atoms with Crippen molar-refractivity contribution in [3.63, 3.8) is 0 Å². The number of nitrogens with zero attached hydrogens (tertiary/aromatic N) is 2. The van der Waals surface area contributed by atoms with E-state index in [9.17, 15) is 4.79 Å². The Kier molecular flexibility index (Phi) is 5.59. The summed E-state index contributed by atoms with van der Waals surface area (Å²) in [4.78, 5) is 16.8. The maximum atomic E-state index is 12.4. The van der Waals surface area contributed by atoms with Gasteiger partial charge in [0, 0.05) is 29.4 Å². The van der Waals surface area contributed by atoms with Crippen LogP contribution in [0.5, 0.6) is 5.88 Å². The van der Waals surface area contributed by atoms with Gasteiger partial charge >= 0.3 is 0 Å². The highest BCUT2D eigenvalue weighted by molar-refractivity contribution is 5.78. The number of ether oxygens (including phenoxy) is 1. The lowest BCUT2D eigenvalue weighted by Crippen LogP contribution is -2.30. The number of hydrogen-bond donors (Lipinski definition) is 2. The van der Waals surface area contributed by atoms with Gasteiger partial charge in [-0.3, -0.25) is 9.89 Å². The molecule has 1 unspecified atom stereocenters. The fourth-order valence-electron chi connectivity index (χ4n) is 2.84. The standard InChI is InChI=1S/C18H26N4O2/c1-10-7-12(3)20-18(24-6)16(10)9-19-17(23)11(2)8-15-13(4)21-22-14(15)5/h7,11H,8-9H2,1-6H3,(H,19,23)(H,21,22). The van der Waals surface area contributed by atoms with E-state index in [2.05, 4.69) is 20.5 Å². The molecule has 24 heavy (non-hydrogen) atoms. The van der Waals surface area contributed by atoms with Crippen LogP contribution in [0.1, 0.15) is 40.7 Å². The van der Waals surface area contributed by atoms with E-state index in [-0.39, 0.29) is 11.8 Å². The molecule has 2 N–H and O–H groups in total. The van der Waals surface area contributed by atoms with Gasteiger partial charge < -0.3 is 10.1 Å². The maximum Gasteiger partial charge on any atom is 0.223 e. The molecule has 6 nitrogen and oxygen atoms in total. The summed E-state index contributed by atoms with van der Waals surface area (Å²) >= 11 is 0. The van der Waals surface area contributed by atoms with Crippen LogP contribution >= 0.6 is 0 Å². The van der Waals surface area contributed by atoms with Crippen molar-refractivity contribution in [3.05, 3.63) is 39.8 Å². The third-order valence-corrected chi connectivity index (χ3v) is 4.31. The van der Waals surface area contributed by atoms with E-state index in [4.69, 9.17) is 4.74 Å². The second-order valence-electron chi connectivity index (χ2n) is 6.30. The first kappa shape index (κ1) is 18.0. The summed E-state index contributed by atoms with van der Waals surface area (Å²) in [6.45, 7) is 10.2. The quantitative estimate of drug-likeness (QED) is 0.853. The number of hydrogen-bond acceptors (Lipinski definition) is 4. The smallest absolute Gasteiger partial charge is 0.223 e. The molecule has 0 aromatic carbocycles. The number of pyridine rings is 1. The number of nitrogens with one attached hydrogen (secondary N) is 2. The van der Waals surface area contributed by atoms with Gasteiger partial charge in [-0.1, -0.05) is 6.92 Å². The fraction of sp³-hybridized carbons (Fsp3) is 0.500. The molecule has 0 fully saturated rings. The SMILES string of the molecule is COc1nc(C)cc(C)c1CNC(=O)C(C)Cc1c(C)n[nH]c1C. The zero-order chi connectivity index (χ0) is 17.9. The van der Waals surface area contributed by atoms with Crippen LogP contribution < -0.4 is 10.1 Å². The third-order valence-electron chi connectivity index (χ3n) is 4.31. The van der Waals surface area contributed by atoms with Gasteiger partial charge in [-0.2, -0.15) is 5.10 Å². The largest absolute Gasteiger partial charge is 0.481 e. The number of amides is 1. The van der Waals surface area contributed by atoms with E-state index >= 15 is 0 Å². The van der Waals surface area contributed by atoms with E-state index in [1.807, 2.05) is 40.7 Å². The van der Waals surface area contributed by atoms with E-state index in [0.29, 0.717) is 18.8 Å². The molecule has 0 aliphatic heterocycles. The topological polar surface area (TPSA) is 79.9 Å². The van der Waals surface area contributed by atoms with Crippen molar-refractivity contribution in [2.75, 3.05) is 7.11 Å². The van der Waals surface area contributed by atoms with Crippen LogP contribution in [0, 0.1) is 33.6 Å². The molecule has 0 radical (unpaired) electrons. The highest BCUT2D eigenvalue weighted by atomic mass is 16.5. The minimum absolute atomic E-state index is 0.0111. The van der Waals surface area contributed by atoms with Crippen molar-refractivity contribution in [2.45, 2.75) is 47.6 Å². The van der Waals surface area contributed by atoms with Gasteiger partial charge in [0.25, 0.3) is 0 Å². The van der Waals surface area contributed by atoms with Crippen molar-refractivity contribution < 1.29 is 9.53 Å². The van der Waals surface area contributed by atoms with Crippen LogP contribution in [-0.2, 0) is 17.8 Å². The number of methoxy groups -OCH3 is 1. The lowest BCUT2D eigenvalue weighted by atomic mass is 9.99. The molecule has 2 rings (SSSR count). The van der Waals surface area contributed by atoms with Gasteiger partial charge in [0.1, 0.15) is 0 Å². The number of aromatic amines is 1. The average molecular weight is 330 g/mol. The molecule has 0 spiro atoms. The molecule has 130 valence electrons. The zero-order valence-corrected chi connectivity index (χ0v) is 15.3. The number of carbonyl (C=O) groups excluding carboxylic acids is 1. The predicted octanol–water partition coefficient (Wildman–Crippen LogP) is 2.54.